The molecule has 0 radical (unpaired) electrons. The van der Waals surface area contributed by atoms with Crippen LogP contribution in [0.1, 0.15) is 32.8 Å². The molecule has 1 aromatic rings. The number of nitrogens with one attached hydrogen (secondary N) is 1. The Hall–Kier alpha value is -1.75. The Balaban J connectivity index is 2.76. The Morgan fingerprint density at radius 1 is 1.25 bits per heavy atom. The van der Waals surface area contributed by atoms with Gasteiger partial charge in [0.25, 0.3) is 0 Å². The van der Waals surface area contributed by atoms with Gasteiger partial charge in [-0.15, -0.1) is 0 Å². The van der Waals surface area contributed by atoms with Crippen molar-refractivity contribution in [3.05, 3.63) is 23.8 Å². The standard InChI is InChI=1S/C15H24N2O3/c1-5-19-13-10-11(14(16)17)6-7-12(13)20-9-8-15(2,3)18-4/h6-7,10H,5,8-9H2,1-4H3,(H3,16,17). The van der Waals surface area contributed by atoms with Gasteiger partial charge >= 0.3 is 0 Å². The van der Waals surface area contributed by atoms with Crippen LogP contribution in [0.25, 0.3) is 0 Å². The lowest BCUT2D eigenvalue weighted by atomic mass is 10.1. The molecule has 0 aromatic heterocycles. The largest absolute Gasteiger partial charge is 0.490 e. The third-order valence-corrected chi connectivity index (χ3v) is 3.07. The van der Waals surface area contributed by atoms with E-state index >= 15 is 0 Å². The van der Waals surface area contributed by atoms with E-state index in [1.54, 1.807) is 25.3 Å². The lowest BCUT2D eigenvalue weighted by Crippen LogP contribution is -2.25. The van der Waals surface area contributed by atoms with E-state index in [1.165, 1.54) is 0 Å². The summed E-state index contributed by atoms with van der Waals surface area (Å²) in [6.07, 6.45) is 0.767. The minimum atomic E-state index is -0.217. The Labute approximate surface area is 120 Å². The lowest BCUT2D eigenvalue weighted by molar-refractivity contribution is 0.00521. The summed E-state index contributed by atoms with van der Waals surface area (Å²) in [5.41, 5.74) is 5.88. The van der Waals surface area contributed by atoms with Crippen molar-refractivity contribution in [3.63, 3.8) is 0 Å². The Bertz CT molecular complexity index is 458. The third kappa shape index (κ3) is 4.74. The molecule has 0 saturated carbocycles. The second-order valence-electron chi connectivity index (χ2n) is 5.07. The molecule has 0 bridgehead atoms. The Morgan fingerprint density at radius 2 is 1.95 bits per heavy atom. The second-order valence-corrected chi connectivity index (χ2v) is 5.07. The molecule has 3 N–H and O–H groups in total. The van der Waals surface area contributed by atoms with Gasteiger partial charge in [0.2, 0.25) is 0 Å². The molecular weight excluding hydrogens is 256 g/mol. The van der Waals surface area contributed by atoms with Gasteiger partial charge in [0.05, 0.1) is 18.8 Å². The SMILES string of the molecule is CCOc1cc(C(=N)N)ccc1OCCC(C)(C)OC. The molecule has 0 unspecified atom stereocenters. The summed E-state index contributed by atoms with van der Waals surface area (Å²) >= 11 is 0. The number of methoxy groups -OCH3 is 1. The molecule has 0 saturated heterocycles. The predicted octanol–water partition coefficient (Wildman–Crippen LogP) is 2.56. The fourth-order valence-electron chi connectivity index (χ4n) is 1.57. The number of rotatable bonds is 8. The summed E-state index contributed by atoms with van der Waals surface area (Å²) in [6, 6.07) is 5.26. The fourth-order valence-corrected chi connectivity index (χ4v) is 1.57. The van der Waals surface area contributed by atoms with Crippen LogP contribution >= 0.6 is 0 Å². The van der Waals surface area contributed by atoms with E-state index in [0.717, 1.165) is 6.42 Å². The van der Waals surface area contributed by atoms with Gasteiger partial charge in [-0.25, -0.2) is 0 Å². The second kappa shape index (κ2) is 7.14. The number of hydrogen-bond acceptors (Lipinski definition) is 4. The zero-order valence-corrected chi connectivity index (χ0v) is 12.7. The van der Waals surface area contributed by atoms with Crippen LogP contribution < -0.4 is 15.2 Å². The van der Waals surface area contributed by atoms with Crippen molar-refractivity contribution in [2.75, 3.05) is 20.3 Å². The fraction of sp³-hybridized carbons (Fsp3) is 0.533. The summed E-state index contributed by atoms with van der Waals surface area (Å²) in [5, 5.41) is 7.44. The Kier molecular flexibility index (Phi) is 5.82. The van der Waals surface area contributed by atoms with Gasteiger partial charge in [0.1, 0.15) is 5.84 Å². The predicted molar refractivity (Wildman–Crippen MR) is 79.8 cm³/mol. The molecule has 112 valence electrons. The molecule has 5 heteroatoms. The average molecular weight is 280 g/mol. The maximum Gasteiger partial charge on any atom is 0.161 e. The number of ether oxygens (including phenoxy) is 3. The molecule has 0 heterocycles. The first-order valence-corrected chi connectivity index (χ1v) is 6.69. The average Bonchev–Trinajstić information content (AvgIpc) is 2.40. The Morgan fingerprint density at radius 3 is 2.50 bits per heavy atom. The molecule has 5 nitrogen and oxygen atoms in total. The van der Waals surface area contributed by atoms with Crippen molar-refractivity contribution in [3.8, 4) is 11.5 Å². The quantitative estimate of drug-likeness (QED) is 0.566. The molecule has 0 aliphatic heterocycles. The monoisotopic (exact) mass is 280 g/mol. The maximum absolute atomic E-state index is 7.44. The minimum Gasteiger partial charge on any atom is -0.490 e. The first-order valence-electron chi connectivity index (χ1n) is 6.69. The number of amidine groups is 1. The van der Waals surface area contributed by atoms with Crippen molar-refractivity contribution < 1.29 is 14.2 Å². The van der Waals surface area contributed by atoms with Crippen molar-refractivity contribution in [1.82, 2.24) is 0 Å². The highest BCUT2D eigenvalue weighted by molar-refractivity contribution is 5.95. The van der Waals surface area contributed by atoms with Crippen LogP contribution in [0.5, 0.6) is 11.5 Å². The lowest BCUT2D eigenvalue weighted by Gasteiger charge is -2.23. The molecule has 1 rings (SSSR count). The van der Waals surface area contributed by atoms with Crippen LogP contribution in [0.4, 0.5) is 0 Å². The van der Waals surface area contributed by atoms with E-state index in [-0.39, 0.29) is 11.4 Å². The maximum atomic E-state index is 7.44. The van der Waals surface area contributed by atoms with Crippen molar-refractivity contribution >= 4 is 5.84 Å². The zero-order valence-electron chi connectivity index (χ0n) is 12.7. The van der Waals surface area contributed by atoms with Crippen LogP contribution in [-0.4, -0.2) is 31.8 Å². The van der Waals surface area contributed by atoms with Gasteiger partial charge in [-0.3, -0.25) is 5.41 Å². The third-order valence-electron chi connectivity index (χ3n) is 3.07. The molecular formula is C15H24N2O3. The summed E-state index contributed by atoms with van der Waals surface area (Å²) in [5.74, 6) is 1.28. The summed E-state index contributed by atoms with van der Waals surface area (Å²) in [4.78, 5) is 0. The van der Waals surface area contributed by atoms with E-state index in [0.29, 0.717) is 30.3 Å². The van der Waals surface area contributed by atoms with E-state index in [1.807, 2.05) is 20.8 Å². The van der Waals surface area contributed by atoms with Gasteiger partial charge in [-0.2, -0.15) is 0 Å². The van der Waals surface area contributed by atoms with Crippen molar-refractivity contribution in [1.29, 1.82) is 5.41 Å². The molecule has 0 atom stereocenters. The topological polar surface area (TPSA) is 77.6 Å². The number of hydrogen-bond donors (Lipinski definition) is 2. The van der Waals surface area contributed by atoms with Crippen LogP contribution in [0.3, 0.4) is 0 Å². The molecule has 0 spiro atoms. The summed E-state index contributed by atoms with van der Waals surface area (Å²) in [6.45, 7) is 6.98. The normalized spacial score (nSPS) is 11.2. The molecule has 20 heavy (non-hydrogen) atoms. The minimum absolute atomic E-state index is 0.0121. The summed E-state index contributed by atoms with van der Waals surface area (Å²) < 4.78 is 16.6. The molecule has 0 aliphatic rings. The van der Waals surface area contributed by atoms with Gasteiger partial charge in [0.15, 0.2) is 11.5 Å². The van der Waals surface area contributed by atoms with E-state index in [9.17, 15) is 0 Å². The molecule has 0 aliphatic carbocycles. The van der Waals surface area contributed by atoms with Crippen LogP contribution in [-0.2, 0) is 4.74 Å². The van der Waals surface area contributed by atoms with Crippen molar-refractivity contribution in [2.45, 2.75) is 32.8 Å². The van der Waals surface area contributed by atoms with Crippen LogP contribution in [0.2, 0.25) is 0 Å². The van der Waals surface area contributed by atoms with E-state index in [2.05, 4.69) is 0 Å². The van der Waals surface area contributed by atoms with Gasteiger partial charge < -0.3 is 19.9 Å². The molecule has 0 fully saturated rings. The van der Waals surface area contributed by atoms with Crippen molar-refractivity contribution in [2.24, 2.45) is 5.73 Å². The van der Waals surface area contributed by atoms with E-state index in [4.69, 9.17) is 25.4 Å². The molecule has 0 amide bonds. The van der Waals surface area contributed by atoms with Crippen LogP contribution in [0.15, 0.2) is 18.2 Å². The number of nitrogens with two attached hydrogens (primary N) is 1. The van der Waals surface area contributed by atoms with Crippen LogP contribution in [0, 0.1) is 5.41 Å². The van der Waals surface area contributed by atoms with Gasteiger partial charge in [0, 0.05) is 19.1 Å². The highest BCUT2D eigenvalue weighted by Gasteiger charge is 2.17. The zero-order chi connectivity index (χ0) is 15.2. The smallest absolute Gasteiger partial charge is 0.161 e. The first kappa shape index (κ1) is 16.3. The van der Waals surface area contributed by atoms with Gasteiger partial charge in [-0.05, 0) is 39.0 Å². The summed E-state index contributed by atoms with van der Waals surface area (Å²) in [7, 11) is 1.69. The van der Waals surface area contributed by atoms with E-state index < -0.39 is 0 Å². The number of benzene rings is 1. The molecule has 1 aromatic carbocycles. The first-order chi connectivity index (χ1) is 9.39. The highest BCUT2D eigenvalue weighted by atomic mass is 16.5. The van der Waals surface area contributed by atoms with Gasteiger partial charge in [-0.1, -0.05) is 0 Å². The number of nitrogen functional groups attached to an aromatic ring is 1. The highest BCUT2D eigenvalue weighted by Crippen LogP contribution is 2.29.